The van der Waals surface area contributed by atoms with Crippen LogP contribution >= 0.6 is 0 Å². The lowest BCUT2D eigenvalue weighted by Gasteiger charge is -2.06. The van der Waals surface area contributed by atoms with Gasteiger partial charge >= 0.3 is 0 Å². The Kier molecular flexibility index (Phi) is 6.04. The summed E-state index contributed by atoms with van der Waals surface area (Å²) in [6.07, 6.45) is 2.10. The Bertz CT molecular complexity index is 313. The summed E-state index contributed by atoms with van der Waals surface area (Å²) in [5, 5.41) is 6.48. The monoisotopic (exact) mass is 224 g/mol. The van der Waals surface area contributed by atoms with Gasteiger partial charge < -0.3 is 10.6 Å². The molecule has 90 valence electrons. The van der Waals surface area contributed by atoms with Gasteiger partial charge in [-0.3, -0.25) is 0 Å². The van der Waals surface area contributed by atoms with Crippen LogP contribution in [-0.2, 0) is 6.42 Å². The minimum Gasteiger partial charge on any atom is -0.320 e. The third kappa shape index (κ3) is 4.73. The molecule has 1 aromatic rings. The van der Waals surface area contributed by atoms with Crippen molar-refractivity contribution in [3.05, 3.63) is 35.1 Å². The van der Waals surface area contributed by atoms with Crippen molar-refractivity contribution in [3.63, 3.8) is 0 Å². The number of benzene rings is 1. The highest BCUT2D eigenvalue weighted by atomic mass is 19.1. The van der Waals surface area contributed by atoms with Gasteiger partial charge in [0.15, 0.2) is 0 Å². The van der Waals surface area contributed by atoms with E-state index >= 15 is 0 Å². The van der Waals surface area contributed by atoms with Gasteiger partial charge in [-0.1, -0.05) is 12.1 Å². The molecule has 16 heavy (non-hydrogen) atoms. The number of rotatable bonds is 7. The molecule has 2 nitrogen and oxygen atoms in total. The average Bonchev–Trinajstić information content (AvgIpc) is 2.28. The van der Waals surface area contributed by atoms with E-state index in [9.17, 15) is 4.39 Å². The summed E-state index contributed by atoms with van der Waals surface area (Å²) in [6.45, 7) is 4.83. The summed E-state index contributed by atoms with van der Waals surface area (Å²) in [5.41, 5.74) is 1.92. The molecular formula is C13H21FN2. The predicted molar refractivity (Wildman–Crippen MR) is 66.3 cm³/mol. The standard InChI is InChI=1S/C13H21FN2/c1-11-10-12(4-5-13(11)14)6-9-16-8-3-7-15-2/h4-5,10,15-16H,3,6-9H2,1-2H3. The van der Waals surface area contributed by atoms with Crippen LogP contribution in [0.15, 0.2) is 18.2 Å². The smallest absolute Gasteiger partial charge is 0.126 e. The fraction of sp³-hybridized carbons (Fsp3) is 0.538. The van der Waals surface area contributed by atoms with E-state index in [4.69, 9.17) is 0 Å². The molecule has 0 radical (unpaired) electrons. The highest BCUT2D eigenvalue weighted by molar-refractivity contribution is 5.24. The molecule has 0 bridgehead atoms. The van der Waals surface area contributed by atoms with E-state index in [2.05, 4.69) is 10.6 Å². The maximum Gasteiger partial charge on any atom is 0.126 e. The van der Waals surface area contributed by atoms with Gasteiger partial charge in [0.2, 0.25) is 0 Å². The molecule has 1 rings (SSSR count). The first-order chi connectivity index (χ1) is 7.74. The summed E-state index contributed by atoms with van der Waals surface area (Å²) in [4.78, 5) is 0. The minimum absolute atomic E-state index is 0.120. The SMILES string of the molecule is CNCCCNCCc1ccc(F)c(C)c1. The summed E-state index contributed by atoms with van der Waals surface area (Å²) < 4.78 is 13.0. The second-order valence-corrected chi connectivity index (χ2v) is 4.04. The Hall–Kier alpha value is -0.930. The third-order valence-electron chi connectivity index (χ3n) is 2.59. The Morgan fingerprint density at radius 1 is 1.19 bits per heavy atom. The van der Waals surface area contributed by atoms with Gasteiger partial charge in [0.05, 0.1) is 0 Å². The van der Waals surface area contributed by atoms with Crippen LogP contribution in [0.5, 0.6) is 0 Å². The molecule has 0 aliphatic heterocycles. The van der Waals surface area contributed by atoms with Crippen LogP contribution in [0.2, 0.25) is 0 Å². The van der Waals surface area contributed by atoms with E-state index in [-0.39, 0.29) is 5.82 Å². The molecule has 0 spiro atoms. The molecule has 0 atom stereocenters. The van der Waals surface area contributed by atoms with Crippen molar-refractivity contribution in [2.45, 2.75) is 19.8 Å². The van der Waals surface area contributed by atoms with Crippen molar-refractivity contribution in [3.8, 4) is 0 Å². The lowest BCUT2D eigenvalue weighted by atomic mass is 10.1. The van der Waals surface area contributed by atoms with Crippen LogP contribution in [0.4, 0.5) is 4.39 Å². The van der Waals surface area contributed by atoms with Crippen LogP contribution in [0, 0.1) is 12.7 Å². The van der Waals surface area contributed by atoms with Gasteiger partial charge in [-0.2, -0.15) is 0 Å². The average molecular weight is 224 g/mol. The molecule has 0 fully saturated rings. The van der Waals surface area contributed by atoms with Gasteiger partial charge in [-0.05, 0) is 63.6 Å². The Morgan fingerprint density at radius 2 is 2.00 bits per heavy atom. The quantitative estimate of drug-likeness (QED) is 0.691. The van der Waals surface area contributed by atoms with E-state index < -0.39 is 0 Å². The molecular weight excluding hydrogens is 203 g/mol. The summed E-state index contributed by atoms with van der Waals surface area (Å²) in [5.74, 6) is -0.120. The number of halogens is 1. The van der Waals surface area contributed by atoms with E-state index in [0.29, 0.717) is 0 Å². The van der Waals surface area contributed by atoms with E-state index in [1.54, 1.807) is 13.0 Å². The largest absolute Gasteiger partial charge is 0.320 e. The van der Waals surface area contributed by atoms with Crippen molar-refractivity contribution in [1.29, 1.82) is 0 Å². The highest BCUT2D eigenvalue weighted by Crippen LogP contribution is 2.09. The zero-order valence-corrected chi connectivity index (χ0v) is 10.1. The number of hydrogen-bond acceptors (Lipinski definition) is 2. The van der Waals surface area contributed by atoms with Gasteiger partial charge in [-0.15, -0.1) is 0 Å². The molecule has 0 saturated carbocycles. The van der Waals surface area contributed by atoms with Crippen molar-refractivity contribution < 1.29 is 4.39 Å². The van der Waals surface area contributed by atoms with Crippen molar-refractivity contribution in [2.75, 3.05) is 26.7 Å². The summed E-state index contributed by atoms with van der Waals surface area (Å²) >= 11 is 0. The Labute approximate surface area is 97.3 Å². The van der Waals surface area contributed by atoms with Gasteiger partial charge in [0.1, 0.15) is 5.82 Å². The molecule has 0 aliphatic carbocycles. The zero-order chi connectivity index (χ0) is 11.8. The third-order valence-corrected chi connectivity index (χ3v) is 2.59. The first-order valence-corrected chi connectivity index (χ1v) is 5.84. The highest BCUT2D eigenvalue weighted by Gasteiger charge is 1.98. The van der Waals surface area contributed by atoms with Crippen LogP contribution in [0.25, 0.3) is 0 Å². The molecule has 0 aromatic heterocycles. The first kappa shape index (κ1) is 13.1. The number of hydrogen-bond donors (Lipinski definition) is 2. The molecule has 1 aromatic carbocycles. The van der Waals surface area contributed by atoms with Crippen LogP contribution in [-0.4, -0.2) is 26.7 Å². The topological polar surface area (TPSA) is 24.1 Å². The van der Waals surface area contributed by atoms with Crippen molar-refractivity contribution >= 4 is 0 Å². The summed E-state index contributed by atoms with van der Waals surface area (Å²) in [7, 11) is 1.96. The number of aryl methyl sites for hydroxylation is 1. The van der Waals surface area contributed by atoms with E-state index in [1.165, 1.54) is 5.56 Å². The normalized spacial score (nSPS) is 10.7. The van der Waals surface area contributed by atoms with E-state index in [0.717, 1.165) is 38.0 Å². The fourth-order valence-electron chi connectivity index (χ4n) is 1.61. The maximum atomic E-state index is 13.0. The van der Waals surface area contributed by atoms with E-state index in [1.807, 2.05) is 19.2 Å². The van der Waals surface area contributed by atoms with Gasteiger partial charge in [0, 0.05) is 0 Å². The van der Waals surface area contributed by atoms with Crippen LogP contribution in [0.1, 0.15) is 17.5 Å². The molecule has 3 heteroatoms. The Morgan fingerprint density at radius 3 is 2.69 bits per heavy atom. The Balaban J connectivity index is 2.19. The fourth-order valence-corrected chi connectivity index (χ4v) is 1.61. The van der Waals surface area contributed by atoms with Crippen LogP contribution in [0.3, 0.4) is 0 Å². The molecule has 0 unspecified atom stereocenters. The molecule has 2 N–H and O–H groups in total. The predicted octanol–water partition coefficient (Wildman–Crippen LogP) is 1.88. The molecule has 0 saturated heterocycles. The lowest BCUT2D eigenvalue weighted by molar-refractivity contribution is 0.613. The minimum atomic E-state index is -0.120. The van der Waals surface area contributed by atoms with Crippen molar-refractivity contribution in [2.24, 2.45) is 0 Å². The van der Waals surface area contributed by atoms with Gasteiger partial charge in [-0.25, -0.2) is 4.39 Å². The van der Waals surface area contributed by atoms with Crippen molar-refractivity contribution in [1.82, 2.24) is 10.6 Å². The summed E-state index contributed by atoms with van der Waals surface area (Å²) in [6, 6.07) is 5.33. The van der Waals surface area contributed by atoms with Crippen LogP contribution < -0.4 is 10.6 Å². The number of nitrogens with one attached hydrogen (secondary N) is 2. The zero-order valence-electron chi connectivity index (χ0n) is 10.1. The molecule has 0 heterocycles. The molecule has 0 aliphatic rings. The second-order valence-electron chi connectivity index (χ2n) is 4.04. The second kappa shape index (κ2) is 7.36. The first-order valence-electron chi connectivity index (χ1n) is 5.84. The maximum absolute atomic E-state index is 13.0. The lowest BCUT2D eigenvalue weighted by Crippen LogP contribution is -2.21. The molecule has 0 amide bonds. The van der Waals surface area contributed by atoms with Gasteiger partial charge in [0.25, 0.3) is 0 Å².